The molecule has 1 aromatic heterocycles. The van der Waals surface area contributed by atoms with Gasteiger partial charge in [-0.15, -0.1) is 0 Å². The minimum atomic E-state index is -3.67. The van der Waals surface area contributed by atoms with Crippen LogP contribution in [-0.4, -0.2) is 13.4 Å². The molecule has 0 aliphatic rings. The van der Waals surface area contributed by atoms with Gasteiger partial charge in [-0.05, 0) is 61.7 Å². The van der Waals surface area contributed by atoms with Crippen molar-refractivity contribution in [2.45, 2.75) is 25.7 Å². The van der Waals surface area contributed by atoms with Crippen LogP contribution in [0.15, 0.2) is 65.6 Å². The highest BCUT2D eigenvalue weighted by Gasteiger charge is 2.16. The van der Waals surface area contributed by atoms with Gasteiger partial charge in [0.1, 0.15) is 5.82 Å². The van der Waals surface area contributed by atoms with Gasteiger partial charge in [0.15, 0.2) is 0 Å². The summed E-state index contributed by atoms with van der Waals surface area (Å²) in [5.41, 5.74) is 4.93. The van der Waals surface area contributed by atoms with E-state index >= 15 is 0 Å². The van der Waals surface area contributed by atoms with Gasteiger partial charge in [-0.25, -0.2) is 13.4 Å². The number of rotatable bonds is 4. The van der Waals surface area contributed by atoms with Gasteiger partial charge in [0.05, 0.1) is 4.90 Å². The molecule has 4 nitrogen and oxygen atoms in total. The highest BCUT2D eigenvalue weighted by molar-refractivity contribution is 7.92. The van der Waals surface area contributed by atoms with E-state index < -0.39 is 10.0 Å². The van der Waals surface area contributed by atoms with Crippen LogP contribution < -0.4 is 4.72 Å². The first kappa shape index (κ1) is 17.2. The van der Waals surface area contributed by atoms with Crippen LogP contribution in [0.1, 0.15) is 16.8 Å². The lowest BCUT2D eigenvalue weighted by molar-refractivity contribution is 0.601. The summed E-state index contributed by atoms with van der Waals surface area (Å²) < 4.78 is 27.8. The van der Waals surface area contributed by atoms with Gasteiger partial charge in [-0.2, -0.15) is 0 Å². The highest BCUT2D eigenvalue weighted by atomic mass is 32.2. The molecule has 128 valence electrons. The molecule has 3 rings (SSSR count). The zero-order valence-electron chi connectivity index (χ0n) is 14.4. The van der Waals surface area contributed by atoms with Gasteiger partial charge >= 0.3 is 0 Å². The quantitative estimate of drug-likeness (QED) is 0.753. The molecule has 1 N–H and O–H groups in total. The third-order valence-corrected chi connectivity index (χ3v) is 5.32. The van der Waals surface area contributed by atoms with Crippen LogP contribution in [0.2, 0.25) is 0 Å². The van der Waals surface area contributed by atoms with Crippen LogP contribution in [0.25, 0.3) is 11.1 Å². The summed E-state index contributed by atoms with van der Waals surface area (Å²) in [6, 6.07) is 18.5. The molecule has 2 aromatic carbocycles. The molecular formula is C20H20N2O2S. The maximum Gasteiger partial charge on any atom is 0.263 e. The molecular weight excluding hydrogens is 332 g/mol. The van der Waals surface area contributed by atoms with Crippen molar-refractivity contribution < 1.29 is 8.42 Å². The second-order valence-electron chi connectivity index (χ2n) is 6.12. The van der Waals surface area contributed by atoms with E-state index in [0.717, 1.165) is 22.4 Å². The molecule has 0 unspecified atom stereocenters. The largest absolute Gasteiger partial charge is 0.263 e. The van der Waals surface area contributed by atoms with E-state index in [0.29, 0.717) is 5.82 Å². The van der Waals surface area contributed by atoms with Gasteiger partial charge in [0.2, 0.25) is 0 Å². The molecule has 0 amide bonds. The van der Waals surface area contributed by atoms with Gasteiger partial charge in [-0.1, -0.05) is 42.0 Å². The summed E-state index contributed by atoms with van der Waals surface area (Å²) in [6.45, 7) is 5.77. The monoisotopic (exact) mass is 352 g/mol. The SMILES string of the molecule is Cc1cccc(-c2ccc(S(=O)(=O)Nc3cccc(C)n3)cc2C)c1. The van der Waals surface area contributed by atoms with Crippen molar-refractivity contribution in [3.05, 3.63) is 77.5 Å². The number of anilines is 1. The van der Waals surface area contributed by atoms with E-state index in [1.165, 1.54) is 5.56 Å². The van der Waals surface area contributed by atoms with Gasteiger partial charge in [0, 0.05) is 5.69 Å². The van der Waals surface area contributed by atoms with E-state index in [9.17, 15) is 8.42 Å². The minimum absolute atomic E-state index is 0.227. The Balaban J connectivity index is 1.94. The Morgan fingerprint density at radius 2 is 1.64 bits per heavy atom. The molecule has 0 aliphatic carbocycles. The Morgan fingerprint density at radius 3 is 2.32 bits per heavy atom. The van der Waals surface area contributed by atoms with Crippen LogP contribution in [0, 0.1) is 20.8 Å². The average Bonchev–Trinajstić information content (AvgIpc) is 2.54. The molecule has 3 aromatic rings. The van der Waals surface area contributed by atoms with Crippen molar-refractivity contribution in [3.8, 4) is 11.1 Å². The number of pyridine rings is 1. The third kappa shape index (κ3) is 3.88. The first-order valence-corrected chi connectivity index (χ1v) is 9.48. The lowest BCUT2D eigenvalue weighted by Crippen LogP contribution is -2.14. The zero-order chi connectivity index (χ0) is 18.0. The van der Waals surface area contributed by atoms with Crippen LogP contribution >= 0.6 is 0 Å². The van der Waals surface area contributed by atoms with Gasteiger partial charge in [-0.3, -0.25) is 4.72 Å². The molecule has 0 atom stereocenters. The lowest BCUT2D eigenvalue weighted by atomic mass is 9.99. The summed E-state index contributed by atoms with van der Waals surface area (Å²) in [7, 11) is -3.67. The minimum Gasteiger partial charge on any atom is -0.263 e. The smallest absolute Gasteiger partial charge is 0.263 e. The number of hydrogen-bond acceptors (Lipinski definition) is 3. The summed E-state index contributed by atoms with van der Waals surface area (Å²) in [5.74, 6) is 0.320. The van der Waals surface area contributed by atoms with Crippen molar-refractivity contribution in [1.29, 1.82) is 0 Å². The maximum atomic E-state index is 12.6. The molecule has 0 spiro atoms. The molecule has 0 bridgehead atoms. The predicted molar refractivity (Wildman–Crippen MR) is 101 cm³/mol. The standard InChI is InChI=1S/C20H20N2O2S/c1-14-6-4-8-17(12-14)19-11-10-18(13-15(19)2)25(23,24)22-20-9-5-7-16(3)21-20/h4-13H,1-3H3,(H,21,22). The van der Waals surface area contributed by atoms with E-state index in [2.05, 4.69) is 15.8 Å². The van der Waals surface area contributed by atoms with Crippen LogP contribution in [0.5, 0.6) is 0 Å². The Morgan fingerprint density at radius 1 is 0.880 bits per heavy atom. The lowest BCUT2D eigenvalue weighted by Gasteiger charge is -2.11. The summed E-state index contributed by atoms with van der Waals surface area (Å²) >= 11 is 0. The van der Waals surface area contributed by atoms with Crippen molar-refractivity contribution in [1.82, 2.24) is 4.98 Å². The number of nitrogens with one attached hydrogen (secondary N) is 1. The topological polar surface area (TPSA) is 59.1 Å². The second kappa shape index (κ2) is 6.69. The van der Waals surface area contributed by atoms with E-state index in [4.69, 9.17) is 0 Å². The Bertz CT molecular complexity index is 1030. The van der Waals surface area contributed by atoms with Crippen LogP contribution in [-0.2, 0) is 10.0 Å². The first-order chi connectivity index (χ1) is 11.8. The van der Waals surface area contributed by atoms with Crippen LogP contribution in [0.4, 0.5) is 5.82 Å². The zero-order valence-corrected chi connectivity index (χ0v) is 15.3. The van der Waals surface area contributed by atoms with E-state index in [1.54, 1.807) is 24.3 Å². The Labute approximate surface area is 148 Å². The molecule has 1 heterocycles. The Kier molecular flexibility index (Phi) is 4.59. The fourth-order valence-corrected chi connectivity index (χ4v) is 3.82. The Hall–Kier alpha value is -2.66. The number of aryl methyl sites for hydroxylation is 3. The van der Waals surface area contributed by atoms with Crippen molar-refractivity contribution in [2.75, 3.05) is 4.72 Å². The summed E-state index contributed by atoms with van der Waals surface area (Å²) in [6.07, 6.45) is 0. The fraction of sp³-hybridized carbons (Fsp3) is 0.150. The van der Waals surface area contributed by atoms with Gasteiger partial charge in [0.25, 0.3) is 10.0 Å². The number of nitrogens with zero attached hydrogens (tertiary/aromatic N) is 1. The van der Waals surface area contributed by atoms with E-state index in [-0.39, 0.29) is 4.90 Å². The van der Waals surface area contributed by atoms with Gasteiger partial charge < -0.3 is 0 Å². The fourth-order valence-electron chi connectivity index (χ4n) is 2.74. The third-order valence-electron chi connectivity index (χ3n) is 3.96. The molecule has 0 aliphatic heterocycles. The highest BCUT2D eigenvalue weighted by Crippen LogP contribution is 2.27. The van der Waals surface area contributed by atoms with Crippen molar-refractivity contribution in [3.63, 3.8) is 0 Å². The van der Waals surface area contributed by atoms with Crippen molar-refractivity contribution >= 4 is 15.8 Å². The molecule has 0 fully saturated rings. The number of aromatic nitrogens is 1. The first-order valence-electron chi connectivity index (χ1n) is 7.99. The predicted octanol–water partition coefficient (Wildman–Crippen LogP) is 4.47. The van der Waals surface area contributed by atoms with Crippen molar-refractivity contribution in [2.24, 2.45) is 0 Å². The maximum absolute atomic E-state index is 12.6. The summed E-state index contributed by atoms with van der Waals surface area (Å²) in [5, 5.41) is 0. The normalized spacial score (nSPS) is 11.3. The summed E-state index contributed by atoms with van der Waals surface area (Å²) in [4.78, 5) is 4.42. The number of benzene rings is 2. The van der Waals surface area contributed by atoms with Crippen LogP contribution in [0.3, 0.4) is 0 Å². The molecule has 5 heteroatoms. The molecule has 0 saturated heterocycles. The molecule has 0 radical (unpaired) electrons. The van der Waals surface area contributed by atoms with E-state index in [1.807, 2.05) is 51.1 Å². The second-order valence-corrected chi connectivity index (χ2v) is 7.80. The number of hydrogen-bond donors (Lipinski definition) is 1. The molecule has 0 saturated carbocycles. The average molecular weight is 352 g/mol. The molecule has 25 heavy (non-hydrogen) atoms. The number of sulfonamides is 1.